The van der Waals surface area contributed by atoms with Gasteiger partial charge in [0.05, 0.1) is 6.61 Å². The Morgan fingerprint density at radius 2 is 0.882 bits per heavy atom. The molecule has 6 aromatic rings. The number of carboxylic acids is 1. The Morgan fingerprint density at radius 1 is 0.480 bits per heavy atom. The number of aliphatic carboxylic acids is 1. The first-order chi connectivity index (χ1) is 49.0. The molecule has 18 N–H and O–H groups in total. The number of carbonyl (C=O) groups is 11. The smallest absolute Gasteiger partial charge is 0.325 e. The number of aliphatic imine (C=N–C) groups is 1. The van der Waals surface area contributed by atoms with Gasteiger partial charge in [0, 0.05) is 52.1 Å². The number of likely N-dealkylation sites (tertiary alicyclic amines) is 1. The summed E-state index contributed by atoms with van der Waals surface area (Å²) >= 11 is 0. The van der Waals surface area contributed by atoms with Crippen LogP contribution in [0.5, 0.6) is 5.75 Å². The van der Waals surface area contributed by atoms with Crippen LogP contribution < -0.4 is 65.1 Å². The highest BCUT2D eigenvalue weighted by atomic mass is 16.4. The molecular weight excluding hydrogens is 1310 g/mol. The summed E-state index contributed by atoms with van der Waals surface area (Å²) in [4.78, 5) is 161. The second kappa shape index (κ2) is 39.5. The first-order valence-corrected chi connectivity index (χ1v) is 34.0. The van der Waals surface area contributed by atoms with Gasteiger partial charge in [0.2, 0.25) is 59.1 Å². The van der Waals surface area contributed by atoms with Crippen LogP contribution >= 0.6 is 0 Å². The van der Waals surface area contributed by atoms with Gasteiger partial charge in [0.25, 0.3) is 0 Å². The maximum atomic E-state index is 15.0. The second-order valence-electron chi connectivity index (χ2n) is 25.2. The molecule has 0 aliphatic carbocycles. The number of hydrogen-bond acceptors (Lipinski definition) is 15. The Morgan fingerprint density at radius 3 is 1.35 bits per heavy atom. The van der Waals surface area contributed by atoms with E-state index in [1.165, 1.54) is 43.0 Å². The summed E-state index contributed by atoms with van der Waals surface area (Å²) < 4.78 is 0. The number of nitrogens with one attached hydrogen (secondary N) is 9. The van der Waals surface area contributed by atoms with E-state index in [9.17, 15) is 68.1 Å². The van der Waals surface area contributed by atoms with E-state index in [2.05, 4.69) is 52.8 Å². The molecule has 1 saturated heterocycles. The Hall–Kier alpha value is -11.3. The summed E-state index contributed by atoms with van der Waals surface area (Å²) in [6, 6.07) is 30.9. The molecule has 0 aromatic heterocycles. The molecule has 10 atom stereocenters. The maximum Gasteiger partial charge on any atom is 0.325 e. The number of fused-ring (bicyclic) bond motifs is 1. The Kier molecular flexibility index (Phi) is 30.2. The zero-order chi connectivity index (χ0) is 73.7. The minimum absolute atomic E-state index is 0.0291. The van der Waals surface area contributed by atoms with Gasteiger partial charge >= 0.3 is 5.97 Å². The van der Waals surface area contributed by atoms with Crippen LogP contribution in [-0.4, -0.2) is 178 Å². The van der Waals surface area contributed by atoms with Crippen LogP contribution in [0, 0.1) is 0 Å². The van der Waals surface area contributed by atoms with Gasteiger partial charge in [-0.1, -0.05) is 146 Å². The third kappa shape index (κ3) is 24.6. The van der Waals surface area contributed by atoms with Crippen LogP contribution in [0.15, 0.2) is 163 Å². The van der Waals surface area contributed by atoms with Crippen molar-refractivity contribution in [1.82, 2.24) is 52.8 Å². The molecule has 0 bridgehead atoms. The summed E-state index contributed by atoms with van der Waals surface area (Å²) in [5.41, 5.74) is 20.0. The number of nitrogens with zero attached hydrogens (tertiary/aromatic N) is 2. The van der Waals surface area contributed by atoms with Crippen molar-refractivity contribution in [2.24, 2.45) is 22.2 Å². The third-order valence-electron chi connectivity index (χ3n) is 17.2. The fraction of sp³-hybridized carbons (Fsp3) is 0.378. The van der Waals surface area contributed by atoms with E-state index >= 15 is 0 Å². The molecule has 28 nitrogen and oxygen atoms in total. The quantitative estimate of drug-likeness (QED) is 0.0144. The molecule has 1 heterocycles. The number of aromatic hydroxyl groups is 1. The standard InChI is InChI=1S/C74H92N14O14/c1-45(73(101)102)79-71(99)63-28-17-37-88(63)72(100)56(26-14-15-35-75)82-67(95)58(39-47-18-6-3-7-19-47)83-64(92)55(27-16-36-78-74(76)77)81-66(94)61(42-50-30-33-54(91)34-31-50)86-70(98)62(44-89)87-69(97)60(41-49-22-10-5-11-23-49)85-68(96)59(40-48-20-8-4-9-21-48)84-65(93)57(80-46(2)90)43-51-29-32-52-24-12-13-25-53(52)38-51/h3-13,18-25,29-34,38,45,55-63,89,91H,14-17,26-28,35-37,39-44,75H2,1-2H3,(H,79,99)(H,80,90)(H,81,94)(H,82,95)(H,83,92)(H,84,93)(H,85,96)(H,86,98)(H,87,97)(H,101,102)(H4,76,77,78)/t45-,55-,56+,57-,58+,59-,60-,61+,62+,63-/m1/s1. The molecule has 0 spiro atoms. The lowest BCUT2D eigenvalue weighted by Gasteiger charge is -2.30. The number of hydrogen-bond donors (Lipinski definition) is 15. The van der Waals surface area contributed by atoms with Gasteiger partial charge in [-0.15, -0.1) is 0 Å². The highest BCUT2D eigenvalue weighted by Gasteiger charge is 2.40. The zero-order valence-electron chi connectivity index (χ0n) is 57.1. The minimum Gasteiger partial charge on any atom is -0.508 e. The molecule has 0 unspecified atom stereocenters. The molecule has 28 heteroatoms. The van der Waals surface area contributed by atoms with Crippen molar-refractivity contribution in [2.45, 2.75) is 151 Å². The number of rotatable bonds is 38. The molecule has 1 fully saturated rings. The van der Waals surface area contributed by atoms with Crippen LogP contribution in [0.2, 0.25) is 0 Å². The van der Waals surface area contributed by atoms with Gasteiger partial charge < -0.3 is 85.3 Å². The molecule has 10 amide bonds. The van der Waals surface area contributed by atoms with Crippen molar-refractivity contribution >= 4 is 81.8 Å². The summed E-state index contributed by atoms with van der Waals surface area (Å²) in [5, 5.41) is 56.6. The SMILES string of the molecule is CC(=O)N[C@H](Cc1ccc2ccccc2c1)C(=O)N[C@H](Cc1ccccc1)C(=O)N[C@H](Cc1ccccc1)C(=O)N[C@@H](CO)C(=O)N[C@@H](Cc1ccc(O)cc1)C(=O)N[C@H](CCCN=C(N)N)C(=O)N[C@@H](Cc1ccccc1)C(=O)N[C@@H](CCCCN)C(=O)N1CCC[C@@H]1C(=O)N[C@H](C)C(=O)O. The Bertz CT molecular complexity index is 3870. The lowest BCUT2D eigenvalue weighted by molar-refractivity contribution is -0.144. The molecule has 6 aromatic carbocycles. The van der Waals surface area contributed by atoms with E-state index in [1.807, 2.05) is 42.5 Å². The van der Waals surface area contributed by atoms with E-state index < -0.39 is 132 Å². The van der Waals surface area contributed by atoms with E-state index in [4.69, 9.17) is 17.2 Å². The van der Waals surface area contributed by atoms with Crippen LogP contribution in [0.25, 0.3) is 10.8 Å². The number of benzene rings is 6. The van der Waals surface area contributed by atoms with Gasteiger partial charge in [0.1, 0.15) is 66.2 Å². The van der Waals surface area contributed by atoms with Crippen LogP contribution in [-0.2, 0) is 84.8 Å². The van der Waals surface area contributed by atoms with Crippen molar-refractivity contribution in [3.05, 3.63) is 186 Å². The molecule has 0 saturated carbocycles. The van der Waals surface area contributed by atoms with Crippen molar-refractivity contribution < 1.29 is 68.1 Å². The van der Waals surface area contributed by atoms with E-state index in [-0.39, 0.29) is 89.1 Å². The van der Waals surface area contributed by atoms with Crippen molar-refractivity contribution in [3.8, 4) is 5.75 Å². The highest BCUT2D eigenvalue weighted by Crippen LogP contribution is 2.22. The average molecular weight is 1400 g/mol. The fourth-order valence-corrected chi connectivity index (χ4v) is 11.8. The molecule has 7 rings (SSSR count). The van der Waals surface area contributed by atoms with Crippen molar-refractivity contribution in [2.75, 3.05) is 26.2 Å². The molecule has 1 aliphatic rings. The van der Waals surface area contributed by atoms with Gasteiger partial charge in [-0.05, 0) is 109 Å². The van der Waals surface area contributed by atoms with Gasteiger partial charge in [0.15, 0.2) is 5.96 Å². The normalized spacial score (nSPS) is 15.2. The minimum atomic E-state index is -1.81. The molecule has 1 aliphatic heterocycles. The summed E-state index contributed by atoms with van der Waals surface area (Å²) in [7, 11) is 0. The second-order valence-corrected chi connectivity index (χ2v) is 25.2. The van der Waals surface area contributed by atoms with E-state index in [0.717, 1.165) is 16.3 Å². The number of guanidine groups is 1. The molecular formula is C74H92N14O14. The van der Waals surface area contributed by atoms with E-state index in [1.54, 1.807) is 91.0 Å². The number of phenols is 1. The fourth-order valence-electron chi connectivity index (χ4n) is 11.8. The summed E-state index contributed by atoms with van der Waals surface area (Å²) in [6.45, 7) is 1.87. The number of amides is 10. The monoisotopic (exact) mass is 1400 g/mol. The van der Waals surface area contributed by atoms with Gasteiger partial charge in [-0.3, -0.25) is 57.7 Å². The number of unbranched alkanes of at least 4 members (excludes halogenated alkanes) is 1. The van der Waals surface area contributed by atoms with Gasteiger partial charge in [-0.25, -0.2) is 0 Å². The molecule has 542 valence electrons. The first kappa shape index (κ1) is 78.1. The Labute approximate surface area is 591 Å². The van der Waals surface area contributed by atoms with Crippen LogP contribution in [0.4, 0.5) is 0 Å². The summed E-state index contributed by atoms with van der Waals surface area (Å²) in [5.74, 6) is -9.75. The highest BCUT2D eigenvalue weighted by molar-refractivity contribution is 5.99. The number of aliphatic hydroxyl groups is 1. The topological polar surface area (TPSA) is 450 Å². The lowest BCUT2D eigenvalue weighted by Crippen LogP contribution is -2.61. The number of aliphatic hydroxyl groups excluding tert-OH is 1. The van der Waals surface area contributed by atoms with Crippen LogP contribution in [0.3, 0.4) is 0 Å². The van der Waals surface area contributed by atoms with E-state index in [0.29, 0.717) is 41.5 Å². The first-order valence-electron chi connectivity index (χ1n) is 34.0. The number of carbonyl (C=O) groups excluding carboxylic acids is 10. The zero-order valence-corrected chi connectivity index (χ0v) is 57.1. The number of nitrogens with two attached hydrogens (primary N) is 3. The van der Waals surface area contributed by atoms with Crippen molar-refractivity contribution in [3.63, 3.8) is 0 Å². The maximum absolute atomic E-state index is 15.0. The van der Waals surface area contributed by atoms with Gasteiger partial charge in [-0.2, -0.15) is 0 Å². The predicted molar refractivity (Wildman–Crippen MR) is 381 cm³/mol. The van der Waals surface area contributed by atoms with Crippen molar-refractivity contribution in [1.29, 1.82) is 0 Å². The Balaban J connectivity index is 1.13. The molecule has 0 radical (unpaired) electrons. The number of carboxylic acid groups (broad SMARTS) is 1. The molecule has 102 heavy (non-hydrogen) atoms. The lowest BCUT2D eigenvalue weighted by atomic mass is 9.99. The number of phenolic OH excluding ortho intramolecular Hbond substituents is 1. The summed E-state index contributed by atoms with van der Waals surface area (Å²) in [6.07, 6.45) is 0.795. The largest absolute Gasteiger partial charge is 0.508 e. The average Bonchev–Trinajstić information content (AvgIpc) is 1.39. The predicted octanol–water partition coefficient (Wildman–Crippen LogP) is 0.712. The third-order valence-corrected chi connectivity index (χ3v) is 17.2. The van der Waals surface area contributed by atoms with Crippen LogP contribution in [0.1, 0.15) is 86.6 Å².